The summed E-state index contributed by atoms with van der Waals surface area (Å²) in [4.78, 5) is 0. The Balaban J connectivity index is 1.89. The maximum Gasteiger partial charge on any atom is 0.0959 e. The third kappa shape index (κ3) is 4.19. The Hall–Kier alpha value is -0.610. The molecule has 1 aliphatic heterocycles. The minimum Gasteiger partial charge on any atom is -0.381 e. The first-order chi connectivity index (χ1) is 9.72. The molecule has 2 rings (SSSR count). The van der Waals surface area contributed by atoms with E-state index in [0.717, 1.165) is 43.2 Å². The van der Waals surface area contributed by atoms with Crippen LogP contribution in [-0.4, -0.2) is 32.9 Å². The summed E-state index contributed by atoms with van der Waals surface area (Å²) in [6, 6.07) is 8.34. The van der Waals surface area contributed by atoms with Gasteiger partial charge in [-0.3, -0.25) is 0 Å². The van der Waals surface area contributed by atoms with E-state index in [1.165, 1.54) is 0 Å². The second-order valence-corrected chi connectivity index (χ2v) is 5.80. The van der Waals surface area contributed by atoms with Crippen molar-refractivity contribution in [1.82, 2.24) is 5.32 Å². The van der Waals surface area contributed by atoms with Gasteiger partial charge in [-0.15, -0.1) is 0 Å². The van der Waals surface area contributed by atoms with Crippen molar-refractivity contribution in [2.75, 3.05) is 26.9 Å². The topological polar surface area (TPSA) is 30.5 Å². The number of ether oxygens (including phenoxy) is 2. The smallest absolute Gasteiger partial charge is 0.0959 e. The van der Waals surface area contributed by atoms with E-state index in [2.05, 4.69) is 12.2 Å². The van der Waals surface area contributed by atoms with E-state index in [4.69, 9.17) is 21.1 Å². The predicted molar refractivity (Wildman–Crippen MR) is 82.2 cm³/mol. The zero-order chi connectivity index (χ0) is 14.4. The third-order valence-corrected chi connectivity index (χ3v) is 4.48. The molecule has 1 aromatic carbocycles. The number of benzene rings is 1. The van der Waals surface area contributed by atoms with E-state index in [-0.39, 0.29) is 6.10 Å². The highest BCUT2D eigenvalue weighted by atomic mass is 35.5. The molecular formula is C16H24ClNO2. The standard InChI is InChI=1S/C16H24ClNO2/c1-12(13-7-9-20-10-8-13)18-11-16(19-2)14-5-3-4-6-15(14)17/h3-6,12-13,16,18H,7-11H2,1-2H3. The van der Waals surface area contributed by atoms with E-state index in [1.54, 1.807) is 7.11 Å². The summed E-state index contributed by atoms with van der Waals surface area (Å²) >= 11 is 6.24. The first-order valence-corrected chi connectivity index (χ1v) is 7.68. The lowest BCUT2D eigenvalue weighted by Gasteiger charge is -2.30. The zero-order valence-electron chi connectivity index (χ0n) is 12.3. The van der Waals surface area contributed by atoms with E-state index < -0.39 is 0 Å². The number of hydrogen-bond acceptors (Lipinski definition) is 3. The van der Waals surface area contributed by atoms with Crippen molar-refractivity contribution in [3.8, 4) is 0 Å². The Bertz CT molecular complexity index is 407. The molecule has 0 saturated carbocycles. The molecule has 1 saturated heterocycles. The minimum atomic E-state index is -0.00834. The molecule has 2 atom stereocenters. The van der Waals surface area contributed by atoms with Gasteiger partial charge in [0.2, 0.25) is 0 Å². The van der Waals surface area contributed by atoms with Crippen molar-refractivity contribution in [3.05, 3.63) is 34.9 Å². The van der Waals surface area contributed by atoms with Crippen molar-refractivity contribution in [1.29, 1.82) is 0 Å². The summed E-state index contributed by atoms with van der Waals surface area (Å²) in [5.41, 5.74) is 1.04. The lowest BCUT2D eigenvalue weighted by molar-refractivity contribution is 0.0506. The fourth-order valence-electron chi connectivity index (χ4n) is 2.73. The number of nitrogens with one attached hydrogen (secondary N) is 1. The SMILES string of the molecule is COC(CNC(C)C1CCOCC1)c1ccccc1Cl. The predicted octanol–water partition coefficient (Wildman–Crippen LogP) is 3.43. The number of halogens is 1. The van der Waals surface area contributed by atoms with E-state index in [0.29, 0.717) is 12.0 Å². The fourth-order valence-corrected chi connectivity index (χ4v) is 2.99. The Morgan fingerprint density at radius 3 is 2.70 bits per heavy atom. The summed E-state index contributed by atoms with van der Waals surface area (Å²) in [6.45, 7) is 4.79. The van der Waals surface area contributed by atoms with Crippen molar-refractivity contribution in [2.45, 2.75) is 31.9 Å². The van der Waals surface area contributed by atoms with E-state index in [1.807, 2.05) is 24.3 Å². The number of rotatable bonds is 6. The van der Waals surface area contributed by atoms with Crippen molar-refractivity contribution >= 4 is 11.6 Å². The van der Waals surface area contributed by atoms with Gasteiger partial charge in [0.05, 0.1) is 6.10 Å². The van der Waals surface area contributed by atoms with Crippen molar-refractivity contribution < 1.29 is 9.47 Å². The normalized spacial score (nSPS) is 19.8. The highest BCUT2D eigenvalue weighted by Crippen LogP contribution is 2.25. The molecule has 2 unspecified atom stereocenters. The molecule has 0 aliphatic carbocycles. The van der Waals surface area contributed by atoms with Crippen LogP contribution in [0.2, 0.25) is 5.02 Å². The van der Waals surface area contributed by atoms with Crippen LogP contribution >= 0.6 is 11.6 Å². The summed E-state index contributed by atoms with van der Waals surface area (Å²) in [7, 11) is 1.73. The molecule has 0 radical (unpaired) electrons. The largest absolute Gasteiger partial charge is 0.381 e. The molecule has 20 heavy (non-hydrogen) atoms. The van der Waals surface area contributed by atoms with Gasteiger partial charge < -0.3 is 14.8 Å². The van der Waals surface area contributed by atoms with Crippen LogP contribution in [0.4, 0.5) is 0 Å². The Kier molecular flexibility index (Phi) is 6.30. The lowest BCUT2D eigenvalue weighted by Crippen LogP contribution is -2.39. The van der Waals surface area contributed by atoms with Crippen LogP contribution in [0.25, 0.3) is 0 Å². The quantitative estimate of drug-likeness (QED) is 0.872. The Morgan fingerprint density at radius 2 is 2.05 bits per heavy atom. The summed E-state index contributed by atoms with van der Waals surface area (Å²) in [6.07, 6.45) is 2.27. The molecular weight excluding hydrogens is 274 g/mol. The molecule has 1 aromatic rings. The molecule has 0 spiro atoms. The highest BCUT2D eigenvalue weighted by Gasteiger charge is 2.22. The number of methoxy groups -OCH3 is 1. The van der Waals surface area contributed by atoms with Gasteiger partial charge in [-0.1, -0.05) is 29.8 Å². The molecule has 0 bridgehead atoms. The molecule has 1 heterocycles. The van der Waals surface area contributed by atoms with E-state index in [9.17, 15) is 0 Å². The van der Waals surface area contributed by atoms with Gasteiger partial charge in [-0.2, -0.15) is 0 Å². The van der Waals surface area contributed by atoms with Crippen LogP contribution < -0.4 is 5.32 Å². The Morgan fingerprint density at radius 1 is 1.35 bits per heavy atom. The number of hydrogen-bond donors (Lipinski definition) is 1. The summed E-state index contributed by atoms with van der Waals surface area (Å²) in [5, 5.41) is 4.35. The molecule has 1 N–H and O–H groups in total. The molecule has 1 fully saturated rings. The van der Waals surface area contributed by atoms with Gasteiger partial charge >= 0.3 is 0 Å². The van der Waals surface area contributed by atoms with Crippen LogP contribution in [0.3, 0.4) is 0 Å². The first-order valence-electron chi connectivity index (χ1n) is 7.30. The van der Waals surface area contributed by atoms with Gasteiger partial charge in [-0.05, 0) is 31.7 Å². The zero-order valence-corrected chi connectivity index (χ0v) is 13.0. The van der Waals surface area contributed by atoms with Crippen LogP contribution in [0.1, 0.15) is 31.4 Å². The summed E-state index contributed by atoms with van der Waals surface area (Å²) < 4.78 is 11.0. The van der Waals surface area contributed by atoms with Gasteiger partial charge in [0.25, 0.3) is 0 Å². The van der Waals surface area contributed by atoms with E-state index >= 15 is 0 Å². The minimum absolute atomic E-state index is 0.00834. The second-order valence-electron chi connectivity index (χ2n) is 5.39. The molecule has 3 nitrogen and oxygen atoms in total. The van der Waals surface area contributed by atoms with Gasteiger partial charge in [-0.25, -0.2) is 0 Å². The van der Waals surface area contributed by atoms with Crippen molar-refractivity contribution in [3.63, 3.8) is 0 Å². The van der Waals surface area contributed by atoms with Crippen LogP contribution in [0, 0.1) is 5.92 Å². The maximum absolute atomic E-state index is 6.24. The van der Waals surface area contributed by atoms with Gasteiger partial charge in [0.1, 0.15) is 0 Å². The highest BCUT2D eigenvalue weighted by molar-refractivity contribution is 6.31. The maximum atomic E-state index is 6.24. The van der Waals surface area contributed by atoms with Crippen LogP contribution in [0.5, 0.6) is 0 Å². The van der Waals surface area contributed by atoms with Gasteiger partial charge in [0.15, 0.2) is 0 Å². The summed E-state index contributed by atoms with van der Waals surface area (Å²) in [5.74, 6) is 0.688. The molecule has 1 aliphatic rings. The Labute approximate surface area is 126 Å². The fraction of sp³-hybridized carbons (Fsp3) is 0.625. The first kappa shape index (κ1) is 15.8. The van der Waals surface area contributed by atoms with Crippen LogP contribution in [-0.2, 0) is 9.47 Å². The third-order valence-electron chi connectivity index (χ3n) is 4.13. The monoisotopic (exact) mass is 297 g/mol. The van der Waals surface area contributed by atoms with Gasteiger partial charge in [0, 0.05) is 43.5 Å². The van der Waals surface area contributed by atoms with Crippen molar-refractivity contribution in [2.24, 2.45) is 5.92 Å². The molecule has 0 aromatic heterocycles. The average Bonchev–Trinajstić information content (AvgIpc) is 2.50. The average molecular weight is 298 g/mol. The molecule has 0 amide bonds. The van der Waals surface area contributed by atoms with Crippen LogP contribution in [0.15, 0.2) is 24.3 Å². The molecule has 4 heteroatoms. The molecule has 112 valence electrons. The lowest BCUT2D eigenvalue weighted by atomic mass is 9.93. The second kappa shape index (κ2) is 7.99.